The second-order valence-electron chi connectivity index (χ2n) is 6.52. The number of hydrogen-bond donors (Lipinski definition) is 1. The molecule has 0 amide bonds. The fraction of sp³-hybridized carbons (Fsp3) is 0.611. The van der Waals surface area contributed by atoms with E-state index < -0.39 is 9.84 Å². The Morgan fingerprint density at radius 3 is 2.62 bits per heavy atom. The van der Waals surface area contributed by atoms with E-state index in [9.17, 15) is 8.42 Å². The first-order valence-electron chi connectivity index (χ1n) is 8.63. The van der Waals surface area contributed by atoms with Gasteiger partial charge in [0.05, 0.1) is 5.75 Å². The van der Waals surface area contributed by atoms with Crippen LogP contribution < -0.4 is 5.32 Å². The normalized spacial score (nSPS) is 22.5. The number of sulfone groups is 1. The van der Waals surface area contributed by atoms with E-state index in [0.29, 0.717) is 18.4 Å². The molecule has 1 N–H and O–H groups in total. The average Bonchev–Trinajstić information content (AvgIpc) is 2.58. The Balaban J connectivity index is 1.98. The average molecular weight is 352 g/mol. The van der Waals surface area contributed by atoms with Crippen LogP contribution in [0.3, 0.4) is 0 Å². The molecule has 1 saturated heterocycles. The second-order valence-corrected chi connectivity index (χ2v) is 8.78. The molecule has 0 radical (unpaired) electrons. The van der Waals surface area contributed by atoms with Crippen LogP contribution in [-0.4, -0.2) is 58.0 Å². The number of rotatable bonds is 5. The molecule has 2 atom stereocenters. The molecule has 1 heterocycles. The molecule has 5 nitrogen and oxygen atoms in total. The molecule has 134 valence electrons. The number of likely N-dealkylation sites (tertiary alicyclic amines) is 1. The van der Waals surface area contributed by atoms with Gasteiger partial charge in [-0.1, -0.05) is 43.7 Å². The van der Waals surface area contributed by atoms with Crippen molar-refractivity contribution in [3.63, 3.8) is 0 Å². The molecule has 2 rings (SSSR count). The minimum absolute atomic E-state index is 0.129. The number of hydrogen-bond acceptors (Lipinski definition) is 3. The number of nitrogens with zero attached hydrogens (tertiary/aromatic N) is 2. The lowest BCUT2D eigenvalue weighted by atomic mass is 9.79. The Bertz CT molecular complexity index is 643. The summed E-state index contributed by atoms with van der Waals surface area (Å²) in [7, 11) is -1.20. The van der Waals surface area contributed by atoms with Crippen LogP contribution in [0.25, 0.3) is 0 Å². The number of guanidine groups is 1. The minimum Gasteiger partial charge on any atom is -0.355 e. The summed E-state index contributed by atoms with van der Waals surface area (Å²) in [4.78, 5) is 6.59. The molecule has 0 bridgehead atoms. The van der Waals surface area contributed by atoms with Gasteiger partial charge in [0, 0.05) is 32.9 Å². The van der Waals surface area contributed by atoms with Crippen molar-refractivity contribution in [2.75, 3.05) is 38.7 Å². The Kier molecular flexibility index (Phi) is 6.66. The van der Waals surface area contributed by atoms with E-state index >= 15 is 0 Å². The van der Waals surface area contributed by atoms with Gasteiger partial charge in [0.25, 0.3) is 0 Å². The smallest absolute Gasteiger partial charge is 0.193 e. The number of benzene rings is 1. The van der Waals surface area contributed by atoms with Gasteiger partial charge in [-0.05, 0) is 23.8 Å². The van der Waals surface area contributed by atoms with E-state index in [1.165, 1.54) is 11.8 Å². The van der Waals surface area contributed by atoms with Crippen molar-refractivity contribution in [2.24, 2.45) is 10.9 Å². The predicted octanol–water partition coefficient (Wildman–Crippen LogP) is 2.12. The molecule has 1 fully saturated rings. The van der Waals surface area contributed by atoms with E-state index in [4.69, 9.17) is 0 Å². The monoisotopic (exact) mass is 351 g/mol. The fourth-order valence-electron chi connectivity index (χ4n) is 3.46. The maximum absolute atomic E-state index is 11.3. The minimum atomic E-state index is -2.95. The van der Waals surface area contributed by atoms with Crippen LogP contribution >= 0.6 is 0 Å². The van der Waals surface area contributed by atoms with E-state index in [0.717, 1.165) is 31.9 Å². The Morgan fingerprint density at radius 1 is 1.33 bits per heavy atom. The third kappa shape index (κ3) is 5.23. The van der Waals surface area contributed by atoms with E-state index in [1.807, 2.05) is 0 Å². The molecule has 1 aromatic carbocycles. The Hall–Kier alpha value is -1.56. The summed E-state index contributed by atoms with van der Waals surface area (Å²) < 4.78 is 22.6. The lowest BCUT2D eigenvalue weighted by Gasteiger charge is -2.40. The van der Waals surface area contributed by atoms with Gasteiger partial charge in [0.1, 0.15) is 9.84 Å². The summed E-state index contributed by atoms with van der Waals surface area (Å²) in [5.74, 6) is 2.10. The van der Waals surface area contributed by atoms with Gasteiger partial charge in [0.2, 0.25) is 0 Å². The van der Waals surface area contributed by atoms with Crippen LogP contribution in [0.4, 0.5) is 0 Å². The zero-order valence-corrected chi connectivity index (χ0v) is 15.7. The highest BCUT2D eigenvalue weighted by Gasteiger charge is 2.30. The molecule has 0 spiro atoms. The van der Waals surface area contributed by atoms with Crippen molar-refractivity contribution in [1.29, 1.82) is 0 Å². The van der Waals surface area contributed by atoms with Crippen molar-refractivity contribution in [3.05, 3.63) is 35.9 Å². The summed E-state index contributed by atoms with van der Waals surface area (Å²) in [6.07, 6.45) is 3.47. The standard InChI is InChI=1S/C18H29N3O2S/c1-4-15-14-21(18(19-2)20-11-13-24(3,22)23)12-10-17(15)16-8-6-5-7-9-16/h5-9,15,17H,4,10-14H2,1-3H3,(H,19,20). The van der Waals surface area contributed by atoms with Crippen LogP contribution in [0.2, 0.25) is 0 Å². The molecule has 1 aliphatic rings. The zero-order valence-electron chi connectivity index (χ0n) is 14.9. The molecule has 2 unspecified atom stereocenters. The molecule has 0 aliphatic carbocycles. The highest BCUT2D eigenvalue weighted by atomic mass is 32.2. The third-order valence-corrected chi connectivity index (χ3v) is 5.70. The molecule has 1 aromatic rings. The summed E-state index contributed by atoms with van der Waals surface area (Å²) >= 11 is 0. The van der Waals surface area contributed by atoms with E-state index in [1.54, 1.807) is 7.05 Å². The van der Waals surface area contributed by atoms with Crippen LogP contribution in [0.5, 0.6) is 0 Å². The predicted molar refractivity (Wildman–Crippen MR) is 100 cm³/mol. The fourth-order valence-corrected chi connectivity index (χ4v) is 3.93. The molecular formula is C18H29N3O2S. The lowest BCUT2D eigenvalue weighted by molar-refractivity contribution is 0.216. The van der Waals surface area contributed by atoms with Gasteiger partial charge in [-0.15, -0.1) is 0 Å². The van der Waals surface area contributed by atoms with Gasteiger partial charge in [-0.3, -0.25) is 4.99 Å². The SMILES string of the molecule is CCC1CN(C(=NC)NCCS(C)(=O)=O)CCC1c1ccccc1. The van der Waals surface area contributed by atoms with Gasteiger partial charge < -0.3 is 10.2 Å². The molecule has 1 aliphatic heterocycles. The van der Waals surface area contributed by atoms with Gasteiger partial charge in [-0.2, -0.15) is 0 Å². The highest BCUT2D eigenvalue weighted by Crippen LogP contribution is 2.34. The Morgan fingerprint density at radius 2 is 2.04 bits per heavy atom. The first kappa shape index (κ1) is 18.8. The van der Waals surface area contributed by atoms with Crippen molar-refractivity contribution in [3.8, 4) is 0 Å². The first-order chi connectivity index (χ1) is 11.4. The van der Waals surface area contributed by atoms with Crippen LogP contribution in [-0.2, 0) is 9.84 Å². The van der Waals surface area contributed by atoms with E-state index in [2.05, 4.69) is 52.5 Å². The molecule has 0 saturated carbocycles. The number of piperidine rings is 1. The summed E-state index contributed by atoms with van der Waals surface area (Å²) in [5.41, 5.74) is 1.42. The maximum atomic E-state index is 11.3. The third-order valence-electron chi connectivity index (χ3n) is 4.75. The molecular weight excluding hydrogens is 322 g/mol. The topological polar surface area (TPSA) is 61.8 Å². The van der Waals surface area contributed by atoms with Crippen molar-refractivity contribution >= 4 is 15.8 Å². The molecule has 6 heteroatoms. The first-order valence-corrected chi connectivity index (χ1v) is 10.7. The summed E-state index contributed by atoms with van der Waals surface area (Å²) in [6.45, 7) is 4.54. The number of aliphatic imine (C=N–C) groups is 1. The quantitative estimate of drug-likeness (QED) is 0.652. The van der Waals surface area contributed by atoms with Crippen LogP contribution in [0.15, 0.2) is 35.3 Å². The largest absolute Gasteiger partial charge is 0.355 e. The van der Waals surface area contributed by atoms with Gasteiger partial charge in [-0.25, -0.2) is 8.42 Å². The van der Waals surface area contributed by atoms with Gasteiger partial charge >= 0.3 is 0 Å². The lowest BCUT2D eigenvalue weighted by Crippen LogP contribution is -2.49. The van der Waals surface area contributed by atoms with Crippen molar-refractivity contribution in [1.82, 2.24) is 10.2 Å². The van der Waals surface area contributed by atoms with Crippen LogP contribution in [0, 0.1) is 5.92 Å². The number of nitrogens with one attached hydrogen (secondary N) is 1. The Labute approximate surface area is 146 Å². The second kappa shape index (κ2) is 8.51. The van der Waals surface area contributed by atoms with E-state index in [-0.39, 0.29) is 5.75 Å². The summed E-state index contributed by atoms with van der Waals surface area (Å²) in [6, 6.07) is 10.7. The van der Waals surface area contributed by atoms with Crippen molar-refractivity contribution in [2.45, 2.75) is 25.7 Å². The molecule has 0 aromatic heterocycles. The highest BCUT2D eigenvalue weighted by molar-refractivity contribution is 7.90. The molecule has 24 heavy (non-hydrogen) atoms. The zero-order chi connectivity index (χ0) is 17.6. The summed E-state index contributed by atoms with van der Waals surface area (Å²) in [5, 5.41) is 3.19. The van der Waals surface area contributed by atoms with Crippen molar-refractivity contribution < 1.29 is 8.42 Å². The van der Waals surface area contributed by atoms with Crippen LogP contribution in [0.1, 0.15) is 31.2 Å². The maximum Gasteiger partial charge on any atom is 0.193 e. The van der Waals surface area contributed by atoms with Gasteiger partial charge in [0.15, 0.2) is 5.96 Å².